The van der Waals surface area contributed by atoms with Crippen LogP contribution in [0.5, 0.6) is 5.75 Å². The van der Waals surface area contributed by atoms with Gasteiger partial charge >= 0.3 is 10.2 Å². The molecule has 236 valence electrons. The van der Waals surface area contributed by atoms with E-state index in [1.165, 1.54) is 36.2 Å². The van der Waals surface area contributed by atoms with Gasteiger partial charge in [-0.2, -0.15) is 12.7 Å². The lowest BCUT2D eigenvalue weighted by atomic mass is 9.81. The van der Waals surface area contributed by atoms with Gasteiger partial charge in [-0.1, -0.05) is 50.3 Å². The highest BCUT2D eigenvalue weighted by Crippen LogP contribution is 2.49. The SMILES string of the molecule is CN1CCCCN(C)S(=O)(=O)NC(=O)c2ccc3c(C4CCCCC4)c(n(C4CCCC4)c3c2)-c2ccccc2OCC1=O. The molecule has 0 saturated heterocycles. The van der Waals surface area contributed by atoms with Crippen molar-refractivity contribution in [3.63, 3.8) is 0 Å². The summed E-state index contributed by atoms with van der Waals surface area (Å²) in [6, 6.07) is 13.9. The van der Waals surface area contributed by atoms with E-state index < -0.39 is 16.1 Å². The van der Waals surface area contributed by atoms with Gasteiger partial charge in [0.2, 0.25) is 0 Å². The predicted molar refractivity (Wildman–Crippen MR) is 172 cm³/mol. The summed E-state index contributed by atoms with van der Waals surface area (Å²) in [5.74, 6) is 0.276. The minimum Gasteiger partial charge on any atom is -0.483 e. The quantitative estimate of drug-likeness (QED) is 0.378. The lowest BCUT2D eigenvalue weighted by Gasteiger charge is -2.26. The topological polar surface area (TPSA) is 101 Å². The van der Waals surface area contributed by atoms with Crippen molar-refractivity contribution < 1.29 is 22.7 Å². The number of carbonyl (C=O) groups excluding carboxylic acids is 2. The molecule has 1 N–H and O–H groups in total. The van der Waals surface area contributed by atoms with Crippen LogP contribution in [0.3, 0.4) is 0 Å². The van der Waals surface area contributed by atoms with E-state index in [0.29, 0.717) is 36.6 Å². The Morgan fingerprint density at radius 1 is 0.841 bits per heavy atom. The number of carbonyl (C=O) groups is 2. The van der Waals surface area contributed by atoms with Gasteiger partial charge in [0.05, 0.1) is 5.69 Å². The summed E-state index contributed by atoms with van der Waals surface area (Å²) in [5.41, 5.74) is 4.62. The molecule has 0 atom stereocenters. The molecule has 2 aromatic carbocycles. The van der Waals surface area contributed by atoms with Gasteiger partial charge in [-0.25, -0.2) is 4.72 Å². The summed E-state index contributed by atoms with van der Waals surface area (Å²) in [5, 5.41) is 1.11. The lowest BCUT2D eigenvalue weighted by Crippen LogP contribution is -2.42. The van der Waals surface area contributed by atoms with E-state index in [1.807, 2.05) is 30.3 Å². The highest BCUT2D eigenvalue weighted by atomic mass is 32.2. The monoisotopic (exact) mass is 620 g/mol. The summed E-state index contributed by atoms with van der Waals surface area (Å²) < 4.78 is 38.4. The van der Waals surface area contributed by atoms with Crippen LogP contribution in [0.25, 0.3) is 22.2 Å². The summed E-state index contributed by atoms with van der Waals surface area (Å²) >= 11 is 0. The van der Waals surface area contributed by atoms with E-state index in [9.17, 15) is 18.0 Å². The van der Waals surface area contributed by atoms with Crippen molar-refractivity contribution in [3.8, 4) is 17.0 Å². The molecule has 3 aromatic rings. The number of benzene rings is 2. The second-order valence-corrected chi connectivity index (χ2v) is 14.5. The number of fused-ring (bicyclic) bond motifs is 4. The smallest absolute Gasteiger partial charge is 0.303 e. The fourth-order valence-electron chi connectivity index (χ4n) is 7.32. The third-order valence-corrected chi connectivity index (χ3v) is 11.2. The van der Waals surface area contributed by atoms with Gasteiger partial charge in [-0.15, -0.1) is 0 Å². The Hall–Kier alpha value is -3.37. The Balaban J connectivity index is 1.57. The maximum atomic E-state index is 13.5. The van der Waals surface area contributed by atoms with Crippen LogP contribution in [0.1, 0.15) is 98.5 Å². The number of hydrogen-bond acceptors (Lipinski definition) is 5. The molecular formula is C34H44N4O5S. The Labute approximate surface area is 260 Å². The van der Waals surface area contributed by atoms with Gasteiger partial charge in [0.25, 0.3) is 11.8 Å². The van der Waals surface area contributed by atoms with Crippen LogP contribution in [-0.2, 0) is 15.0 Å². The first-order valence-electron chi connectivity index (χ1n) is 16.2. The van der Waals surface area contributed by atoms with Gasteiger partial charge in [0.1, 0.15) is 5.75 Å². The molecule has 2 heterocycles. The van der Waals surface area contributed by atoms with Crippen LogP contribution < -0.4 is 9.46 Å². The summed E-state index contributed by atoms with van der Waals surface area (Å²) in [6.45, 7) is 0.629. The molecule has 2 aliphatic carbocycles. The predicted octanol–water partition coefficient (Wildman–Crippen LogP) is 6.01. The zero-order valence-electron chi connectivity index (χ0n) is 25.9. The Kier molecular flexibility index (Phi) is 9.01. The number of likely N-dealkylation sites (N-methyl/N-ethyl adjacent to an activating group) is 1. The van der Waals surface area contributed by atoms with Crippen molar-refractivity contribution in [2.45, 2.75) is 82.6 Å². The van der Waals surface area contributed by atoms with Crippen LogP contribution >= 0.6 is 0 Å². The first-order chi connectivity index (χ1) is 21.2. The first-order valence-corrected chi connectivity index (χ1v) is 17.6. The van der Waals surface area contributed by atoms with Crippen LogP contribution in [-0.4, -0.2) is 67.8 Å². The van der Waals surface area contributed by atoms with Gasteiger partial charge in [-0.05, 0) is 74.3 Å². The second-order valence-electron chi connectivity index (χ2n) is 12.7. The molecule has 1 aliphatic heterocycles. The van der Waals surface area contributed by atoms with Crippen LogP contribution in [0.15, 0.2) is 42.5 Å². The number of hydrogen-bond donors (Lipinski definition) is 1. The molecule has 9 nitrogen and oxygen atoms in total. The lowest BCUT2D eigenvalue weighted by molar-refractivity contribution is -0.132. The molecule has 0 unspecified atom stereocenters. The van der Waals surface area contributed by atoms with Gasteiger partial charge in [-0.3, -0.25) is 9.59 Å². The summed E-state index contributed by atoms with van der Waals surface area (Å²) in [6.07, 6.45) is 11.2. The van der Waals surface area contributed by atoms with Crippen molar-refractivity contribution in [2.24, 2.45) is 0 Å². The molecule has 2 saturated carbocycles. The third-order valence-electron chi connectivity index (χ3n) is 9.78. The number of rotatable bonds is 2. The van der Waals surface area contributed by atoms with E-state index in [-0.39, 0.29) is 25.1 Å². The number of nitrogens with one attached hydrogen (secondary N) is 1. The second kappa shape index (κ2) is 12.9. The fourth-order valence-corrected chi connectivity index (χ4v) is 8.20. The molecule has 2 amide bonds. The number of para-hydroxylation sites is 1. The standard InChI is InChI=1S/C34H44N4O5S/c1-36-20-10-11-21-37(2)44(41,42)35-34(40)25-18-19-27-29(22-25)38(26-14-6-7-15-26)33(32(27)24-12-4-3-5-13-24)28-16-8-9-17-30(28)43-23-31(36)39/h8-9,16-19,22,24,26H,3-7,10-15,20-21,23H2,1-2H3,(H,35,40). The summed E-state index contributed by atoms with van der Waals surface area (Å²) in [7, 11) is -0.822. The van der Waals surface area contributed by atoms with E-state index in [2.05, 4.69) is 15.4 Å². The zero-order chi connectivity index (χ0) is 30.8. The van der Waals surface area contributed by atoms with Crippen molar-refractivity contribution in [1.82, 2.24) is 18.5 Å². The third kappa shape index (κ3) is 6.11. The molecule has 6 rings (SSSR count). The Morgan fingerprint density at radius 2 is 1.55 bits per heavy atom. The van der Waals surface area contributed by atoms with Crippen LogP contribution in [0.2, 0.25) is 0 Å². The minimum atomic E-state index is -4.04. The Bertz CT molecular complexity index is 1640. The molecule has 10 heteroatoms. The number of aromatic nitrogens is 1. The van der Waals surface area contributed by atoms with E-state index >= 15 is 0 Å². The van der Waals surface area contributed by atoms with Gasteiger partial charge in [0, 0.05) is 55.3 Å². The maximum absolute atomic E-state index is 13.5. The van der Waals surface area contributed by atoms with Crippen molar-refractivity contribution in [2.75, 3.05) is 33.8 Å². The first kappa shape index (κ1) is 30.6. The number of nitrogens with zero attached hydrogens (tertiary/aromatic N) is 3. The minimum absolute atomic E-state index is 0.0766. The molecule has 2 fully saturated rings. The summed E-state index contributed by atoms with van der Waals surface area (Å²) in [4.78, 5) is 28.2. The number of amides is 2. The average Bonchev–Trinajstić information content (AvgIpc) is 3.67. The molecule has 0 spiro atoms. The molecule has 1 aromatic heterocycles. The van der Waals surface area contributed by atoms with E-state index in [4.69, 9.17) is 4.74 Å². The molecule has 44 heavy (non-hydrogen) atoms. The maximum Gasteiger partial charge on any atom is 0.303 e. The normalized spacial score (nSPS) is 21.5. The fraction of sp³-hybridized carbons (Fsp3) is 0.529. The largest absolute Gasteiger partial charge is 0.483 e. The van der Waals surface area contributed by atoms with Crippen LogP contribution in [0.4, 0.5) is 0 Å². The zero-order valence-corrected chi connectivity index (χ0v) is 26.7. The Morgan fingerprint density at radius 3 is 2.32 bits per heavy atom. The molecule has 3 bridgehead atoms. The van der Waals surface area contributed by atoms with Gasteiger partial charge < -0.3 is 14.2 Å². The molecule has 0 radical (unpaired) electrons. The van der Waals surface area contributed by atoms with E-state index in [1.54, 1.807) is 18.0 Å². The number of ether oxygens (including phenoxy) is 1. The van der Waals surface area contributed by atoms with Gasteiger partial charge in [0.15, 0.2) is 6.61 Å². The molecule has 3 aliphatic rings. The highest BCUT2D eigenvalue weighted by molar-refractivity contribution is 7.87. The average molecular weight is 621 g/mol. The van der Waals surface area contributed by atoms with Crippen LogP contribution in [0, 0.1) is 0 Å². The van der Waals surface area contributed by atoms with Crippen molar-refractivity contribution in [1.29, 1.82) is 0 Å². The van der Waals surface area contributed by atoms with Crippen molar-refractivity contribution in [3.05, 3.63) is 53.6 Å². The highest BCUT2D eigenvalue weighted by Gasteiger charge is 2.32. The van der Waals surface area contributed by atoms with Crippen molar-refractivity contribution >= 4 is 32.9 Å². The van der Waals surface area contributed by atoms with E-state index in [0.717, 1.165) is 60.7 Å². The molecular weight excluding hydrogens is 576 g/mol.